The van der Waals surface area contributed by atoms with Gasteiger partial charge in [-0.3, -0.25) is 4.79 Å². The predicted octanol–water partition coefficient (Wildman–Crippen LogP) is 1.30. The molecular weight excluding hydrogens is 238 g/mol. The van der Waals surface area contributed by atoms with Crippen LogP contribution in [0, 0.1) is 11.8 Å². The Morgan fingerprint density at radius 2 is 2.05 bits per heavy atom. The van der Waals surface area contributed by atoms with Crippen molar-refractivity contribution in [1.29, 1.82) is 0 Å². The average molecular weight is 267 g/mol. The van der Waals surface area contributed by atoms with Gasteiger partial charge in [0.15, 0.2) is 0 Å². The van der Waals surface area contributed by atoms with Crippen molar-refractivity contribution in [3.05, 3.63) is 0 Å². The molecule has 0 aromatic rings. The minimum absolute atomic E-state index is 0.147. The highest BCUT2D eigenvalue weighted by Gasteiger charge is 2.32. The quantitative estimate of drug-likeness (QED) is 0.817. The number of rotatable bonds is 5. The van der Waals surface area contributed by atoms with Gasteiger partial charge in [-0.1, -0.05) is 13.8 Å². The van der Waals surface area contributed by atoms with Gasteiger partial charge in [0.2, 0.25) is 5.91 Å². The molecule has 1 aliphatic carbocycles. The molecule has 0 aromatic heterocycles. The van der Waals surface area contributed by atoms with Crippen molar-refractivity contribution in [1.82, 2.24) is 9.80 Å². The molecule has 0 radical (unpaired) electrons. The number of piperidine rings is 1. The van der Waals surface area contributed by atoms with E-state index in [0.717, 1.165) is 32.1 Å². The minimum atomic E-state index is -0.333. The summed E-state index contributed by atoms with van der Waals surface area (Å²) in [5.41, 5.74) is 5.99. The molecule has 1 heterocycles. The number of nitrogens with zero attached hydrogens (tertiary/aromatic N) is 2. The van der Waals surface area contributed by atoms with Gasteiger partial charge in [0.05, 0.1) is 6.04 Å². The van der Waals surface area contributed by atoms with Crippen LogP contribution in [0.25, 0.3) is 0 Å². The predicted molar refractivity (Wildman–Crippen MR) is 77.8 cm³/mol. The van der Waals surface area contributed by atoms with Crippen LogP contribution in [0.1, 0.15) is 39.5 Å². The highest BCUT2D eigenvalue weighted by molar-refractivity contribution is 5.82. The lowest BCUT2D eigenvalue weighted by atomic mass is 9.95. The van der Waals surface area contributed by atoms with E-state index < -0.39 is 0 Å². The van der Waals surface area contributed by atoms with Crippen LogP contribution in [0.4, 0.5) is 0 Å². The molecule has 4 nitrogen and oxygen atoms in total. The third-order valence-corrected chi connectivity index (χ3v) is 4.55. The van der Waals surface area contributed by atoms with E-state index in [-0.39, 0.29) is 17.9 Å². The molecule has 0 unspecified atom stereocenters. The van der Waals surface area contributed by atoms with Crippen molar-refractivity contribution in [2.45, 2.75) is 51.6 Å². The first-order valence-corrected chi connectivity index (χ1v) is 7.73. The van der Waals surface area contributed by atoms with Crippen LogP contribution in [-0.2, 0) is 4.79 Å². The Labute approximate surface area is 117 Å². The van der Waals surface area contributed by atoms with E-state index in [1.165, 1.54) is 19.3 Å². The summed E-state index contributed by atoms with van der Waals surface area (Å²) < 4.78 is 0. The Morgan fingerprint density at radius 1 is 1.37 bits per heavy atom. The maximum Gasteiger partial charge on any atom is 0.239 e. The molecule has 1 aliphatic heterocycles. The lowest BCUT2D eigenvalue weighted by molar-refractivity contribution is -0.135. The normalized spacial score (nSPS) is 26.0. The molecule has 2 rings (SSSR count). The van der Waals surface area contributed by atoms with E-state index in [0.29, 0.717) is 5.92 Å². The van der Waals surface area contributed by atoms with Gasteiger partial charge in [0.25, 0.3) is 0 Å². The number of carbonyl (C=O) groups is 1. The molecule has 2 atom stereocenters. The first-order valence-electron chi connectivity index (χ1n) is 7.73. The Balaban J connectivity index is 1.83. The van der Waals surface area contributed by atoms with Crippen molar-refractivity contribution in [3.63, 3.8) is 0 Å². The Morgan fingerprint density at radius 3 is 2.63 bits per heavy atom. The number of nitrogens with two attached hydrogens (primary N) is 1. The summed E-state index contributed by atoms with van der Waals surface area (Å²) in [5, 5.41) is 0. The molecule has 0 spiro atoms. The molecule has 1 saturated heterocycles. The monoisotopic (exact) mass is 267 g/mol. The van der Waals surface area contributed by atoms with Crippen LogP contribution in [0.5, 0.6) is 0 Å². The van der Waals surface area contributed by atoms with Gasteiger partial charge in [-0.25, -0.2) is 0 Å². The highest BCUT2D eigenvalue weighted by Crippen LogP contribution is 2.27. The lowest BCUT2D eigenvalue weighted by Crippen LogP contribution is -2.51. The standard InChI is InChI=1S/C15H29N3O/c1-11(2)14(16)15(19)18-8-4-5-12(10-18)9-17(3)13-6-7-13/h11-14H,4-10,16H2,1-3H3/t12-,14+/m1/s1. The van der Waals surface area contributed by atoms with Crippen LogP contribution in [0.2, 0.25) is 0 Å². The van der Waals surface area contributed by atoms with Crippen molar-refractivity contribution in [2.75, 3.05) is 26.7 Å². The van der Waals surface area contributed by atoms with Crippen molar-refractivity contribution in [3.8, 4) is 0 Å². The van der Waals surface area contributed by atoms with Crippen LogP contribution in [-0.4, -0.2) is 54.5 Å². The number of amides is 1. The fourth-order valence-corrected chi connectivity index (χ4v) is 2.98. The summed E-state index contributed by atoms with van der Waals surface area (Å²) in [5.74, 6) is 0.999. The van der Waals surface area contributed by atoms with Gasteiger partial charge >= 0.3 is 0 Å². The van der Waals surface area contributed by atoms with Crippen molar-refractivity contribution >= 4 is 5.91 Å². The Kier molecular flexibility index (Phi) is 4.85. The second-order valence-corrected chi connectivity index (χ2v) is 6.73. The van der Waals surface area contributed by atoms with E-state index in [1.807, 2.05) is 18.7 Å². The van der Waals surface area contributed by atoms with E-state index in [4.69, 9.17) is 5.73 Å². The van der Waals surface area contributed by atoms with E-state index in [2.05, 4.69) is 11.9 Å². The molecule has 1 amide bonds. The maximum atomic E-state index is 12.3. The van der Waals surface area contributed by atoms with Gasteiger partial charge in [-0.05, 0) is 44.6 Å². The van der Waals surface area contributed by atoms with Gasteiger partial charge < -0.3 is 15.5 Å². The van der Waals surface area contributed by atoms with Gasteiger partial charge in [-0.2, -0.15) is 0 Å². The van der Waals surface area contributed by atoms with Crippen LogP contribution < -0.4 is 5.73 Å². The summed E-state index contributed by atoms with van der Waals surface area (Å²) in [6.45, 7) is 6.96. The molecule has 0 bridgehead atoms. The first kappa shape index (κ1) is 14.8. The van der Waals surface area contributed by atoms with Crippen molar-refractivity contribution < 1.29 is 4.79 Å². The average Bonchev–Trinajstić information content (AvgIpc) is 3.21. The molecule has 2 aliphatic rings. The van der Waals surface area contributed by atoms with Crippen LogP contribution >= 0.6 is 0 Å². The first-order chi connectivity index (χ1) is 8.99. The Bertz CT molecular complexity index is 315. The molecule has 110 valence electrons. The number of likely N-dealkylation sites (tertiary alicyclic amines) is 1. The SMILES string of the molecule is CC(C)[C@H](N)C(=O)N1CCC[C@H](CN(C)C2CC2)C1. The zero-order valence-electron chi connectivity index (χ0n) is 12.6. The minimum Gasteiger partial charge on any atom is -0.341 e. The molecule has 0 aromatic carbocycles. The summed E-state index contributed by atoms with van der Waals surface area (Å²) in [6.07, 6.45) is 5.08. The fraction of sp³-hybridized carbons (Fsp3) is 0.933. The molecule has 4 heteroatoms. The summed E-state index contributed by atoms with van der Waals surface area (Å²) in [4.78, 5) is 16.8. The second kappa shape index (κ2) is 6.23. The molecule has 19 heavy (non-hydrogen) atoms. The van der Waals surface area contributed by atoms with E-state index >= 15 is 0 Å². The largest absolute Gasteiger partial charge is 0.341 e. The van der Waals surface area contributed by atoms with Gasteiger partial charge in [-0.15, -0.1) is 0 Å². The second-order valence-electron chi connectivity index (χ2n) is 6.73. The zero-order chi connectivity index (χ0) is 14.0. The Hall–Kier alpha value is -0.610. The van der Waals surface area contributed by atoms with E-state index in [1.54, 1.807) is 0 Å². The third kappa shape index (κ3) is 3.93. The van der Waals surface area contributed by atoms with E-state index in [9.17, 15) is 4.79 Å². The van der Waals surface area contributed by atoms with Crippen molar-refractivity contribution in [2.24, 2.45) is 17.6 Å². The topological polar surface area (TPSA) is 49.6 Å². The summed E-state index contributed by atoms with van der Waals surface area (Å²) >= 11 is 0. The van der Waals surface area contributed by atoms with Gasteiger partial charge in [0.1, 0.15) is 0 Å². The maximum absolute atomic E-state index is 12.3. The highest BCUT2D eigenvalue weighted by atomic mass is 16.2. The fourth-order valence-electron chi connectivity index (χ4n) is 2.98. The van der Waals surface area contributed by atoms with Crippen LogP contribution in [0.15, 0.2) is 0 Å². The van der Waals surface area contributed by atoms with Gasteiger partial charge in [0, 0.05) is 25.7 Å². The van der Waals surface area contributed by atoms with Crippen LogP contribution in [0.3, 0.4) is 0 Å². The summed E-state index contributed by atoms with van der Waals surface area (Å²) in [6, 6.07) is 0.476. The molecule has 2 N–H and O–H groups in total. The third-order valence-electron chi connectivity index (χ3n) is 4.55. The molecule has 1 saturated carbocycles. The number of carbonyl (C=O) groups excluding carboxylic acids is 1. The molecular formula is C15H29N3O. The summed E-state index contributed by atoms with van der Waals surface area (Å²) in [7, 11) is 2.22. The number of hydrogen-bond acceptors (Lipinski definition) is 3. The molecule has 2 fully saturated rings. The zero-order valence-corrected chi connectivity index (χ0v) is 12.6. The lowest BCUT2D eigenvalue weighted by Gasteiger charge is -2.36. The smallest absolute Gasteiger partial charge is 0.239 e. The number of hydrogen-bond donors (Lipinski definition) is 1.